The van der Waals surface area contributed by atoms with E-state index < -0.39 is 0 Å². The monoisotopic (exact) mass is 360 g/mol. The summed E-state index contributed by atoms with van der Waals surface area (Å²) in [6, 6.07) is 16.5. The number of aryl methyl sites for hydroxylation is 1. The maximum absolute atomic E-state index is 4.46. The first-order valence-corrected chi connectivity index (χ1v) is 7.19. The number of hydrogen-bond acceptors (Lipinski definition) is 2. The molecule has 0 atom stereocenters. The molecule has 0 fully saturated rings. The Morgan fingerprint density at radius 1 is 1.00 bits per heavy atom. The van der Waals surface area contributed by atoms with E-state index in [1.165, 1.54) is 5.56 Å². The van der Waals surface area contributed by atoms with E-state index in [4.69, 9.17) is 0 Å². The second kappa shape index (κ2) is 5.17. The van der Waals surface area contributed by atoms with Crippen molar-refractivity contribution < 1.29 is 0 Å². The van der Waals surface area contributed by atoms with Gasteiger partial charge in [-0.3, -0.25) is 4.98 Å². The van der Waals surface area contributed by atoms with Crippen LogP contribution in [-0.4, -0.2) is 4.98 Å². The molecule has 0 aliphatic carbocycles. The van der Waals surface area contributed by atoms with Crippen LogP contribution in [0.4, 0.5) is 11.4 Å². The summed E-state index contributed by atoms with van der Waals surface area (Å²) in [4.78, 5) is 4.46. The van der Waals surface area contributed by atoms with E-state index in [1.54, 1.807) is 0 Å². The number of benzene rings is 2. The van der Waals surface area contributed by atoms with Crippen LogP contribution in [0.5, 0.6) is 0 Å². The lowest BCUT2D eigenvalue weighted by molar-refractivity contribution is 1.37. The Kier molecular flexibility index (Phi) is 3.38. The Balaban J connectivity index is 2.15. The van der Waals surface area contributed by atoms with Crippen LogP contribution in [0.25, 0.3) is 10.9 Å². The molecule has 0 bridgehead atoms. The summed E-state index contributed by atoms with van der Waals surface area (Å²) < 4.78 is 1.12. The highest BCUT2D eigenvalue weighted by Crippen LogP contribution is 2.30. The Hall–Kier alpha value is -1.62. The van der Waals surface area contributed by atoms with E-state index in [1.807, 2.05) is 30.5 Å². The Bertz CT molecular complexity index is 738. The Morgan fingerprint density at radius 3 is 2.58 bits per heavy atom. The van der Waals surface area contributed by atoms with Crippen LogP contribution in [0.3, 0.4) is 0 Å². The van der Waals surface area contributed by atoms with Gasteiger partial charge in [0.1, 0.15) is 0 Å². The third kappa shape index (κ3) is 2.42. The van der Waals surface area contributed by atoms with Crippen LogP contribution < -0.4 is 5.32 Å². The van der Waals surface area contributed by atoms with Gasteiger partial charge in [-0.05, 0) is 47.2 Å². The predicted octanol–water partition coefficient (Wildman–Crippen LogP) is 4.89. The topological polar surface area (TPSA) is 24.9 Å². The van der Waals surface area contributed by atoms with Gasteiger partial charge in [-0.1, -0.05) is 36.4 Å². The van der Waals surface area contributed by atoms with Crippen LogP contribution in [0, 0.1) is 10.5 Å². The molecule has 2 aromatic carbocycles. The molecule has 1 heterocycles. The number of aromatic nitrogens is 1. The largest absolute Gasteiger partial charge is 0.354 e. The molecule has 0 aliphatic heterocycles. The number of fused-ring (bicyclic) bond motifs is 1. The number of rotatable bonds is 2. The summed E-state index contributed by atoms with van der Waals surface area (Å²) >= 11 is 2.32. The SMILES string of the molecule is Cc1ccccc1Nc1c(I)cnc2ccccc12. The molecule has 0 amide bonds. The van der Waals surface area contributed by atoms with Gasteiger partial charge in [0.15, 0.2) is 0 Å². The number of anilines is 2. The maximum atomic E-state index is 4.46. The van der Waals surface area contributed by atoms with Gasteiger partial charge in [0.25, 0.3) is 0 Å². The van der Waals surface area contributed by atoms with Crippen molar-refractivity contribution in [2.45, 2.75) is 6.92 Å². The fraction of sp³-hybridized carbons (Fsp3) is 0.0625. The van der Waals surface area contributed by atoms with Crippen LogP contribution in [-0.2, 0) is 0 Å². The zero-order valence-electron chi connectivity index (χ0n) is 10.5. The van der Waals surface area contributed by atoms with Crippen LogP contribution >= 0.6 is 22.6 Å². The molecule has 19 heavy (non-hydrogen) atoms. The summed E-state index contributed by atoms with van der Waals surface area (Å²) in [5.74, 6) is 0. The lowest BCUT2D eigenvalue weighted by Gasteiger charge is -2.13. The van der Waals surface area contributed by atoms with Gasteiger partial charge in [-0.2, -0.15) is 0 Å². The summed E-state index contributed by atoms with van der Waals surface area (Å²) in [6.07, 6.45) is 1.91. The molecule has 0 aliphatic rings. The van der Waals surface area contributed by atoms with Gasteiger partial charge in [0.05, 0.1) is 14.8 Å². The molecule has 1 N–H and O–H groups in total. The van der Waals surface area contributed by atoms with Crippen molar-refractivity contribution in [3.05, 3.63) is 63.9 Å². The smallest absolute Gasteiger partial charge is 0.0723 e. The van der Waals surface area contributed by atoms with Crippen molar-refractivity contribution in [1.82, 2.24) is 4.98 Å². The van der Waals surface area contributed by atoms with Crippen molar-refractivity contribution >= 4 is 44.9 Å². The normalized spacial score (nSPS) is 10.6. The van der Waals surface area contributed by atoms with Gasteiger partial charge >= 0.3 is 0 Å². The fourth-order valence-corrected chi connectivity index (χ4v) is 2.66. The lowest BCUT2D eigenvalue weighted by Crippen LogP contribution is -1.97. The zero-order valence-corrected chi connectivity index (χ0v) is 12.7. The molecule has 0 unspecified atom stereocenters. The summed E-state index contributed by atoms with van der Waals surface area (Å²) in [5, 5.41) is 4.69. The third-order valence-electron chi connectivity index (χ3n) is 3.13. The number of hydrogen-bond donors (Lipinski definition) is 1. The third-order valence-corrected chi connectivity index (χ3v) is 3.95. The highest BCUT2D eigenvalue weighted by Gasteiger charge is 2.07. The highest BCUT2D eigenvalue weighted by molar-refractivity contribution is 14.1. The minimum absolute atomic E-state index is 1.01. The second-order valence-corrected chi connectivity index (χ2v) is 5.60. The van der Waals surface area contributed by atoms with Crippen molar-refractivity contribution in [3.63, 3.8) is 0 Å². The number of para-hydroxylation sites is 2. The molecule has 0 radical (unpaired) electrons. The zero-order chi connectivity index (χ0) is 13.2. The minimum Gasteiger partial charge on any atom is -0.354 e. The van der Waals surface area contributed by atoms with Crippen LogP contribution in [0.1, 0.15) is 5.56 Å². The molecular formula is C16H13IN2. The maximum Gasteiger partial charge on any atom is 0.0723 e. The standard InChI is InChI=1S/C16H13IN2/c1-11-6-2-4-8-14(11)19-16-12-7-3-5-9-15(12)18-10-13(16)17/h2-10H,1H3,(H,18,19). The van der Waals surface area contributed by atoms with E-state index in [-0.39, 0.29) is 0 Å². The first-order valence-electron chi connectivity index (χ1n) is 6.11. The van der Waals surface area contributed by atoms with Gasteiger partial charge in [0.2, 0.25) is 0 Å². The van der Waals surface area contributed by atoms with E-state index in [0.29, 0.717) is 0 Å². The molecule has 0 spiro atoms. The van der Waals surface area contributed by atoms with Crippen molar-refractivity contribution in [2.24, 2.45) is 0 Å². The number of nitrogens with one attached hydrogen (secondary N) is 1. The molecule has 94 valence electrons. The minimum atomic E-state index is 1.01. The van der Waals surface area contributed by atoms with Crippen LogP contribution in [0.2, 0.25) is 0 Å². The van der Waals surface area contributed by atoms with E-state index in [9.17, 15) is 0 Å². The summed E-state index contributed by atoms with van der Waals surface area (Å²) in [6.45, 7) is 2.11. The molecule has 3 aromatic rings. The fourth-order valence-electron chi connectivity index (χ4n) is 2.09. The van der Waals surface area contributed by atoms with Gasteiger partial charge in [0, 0.05) is 17.3 Å². The molecule has 1 aromatic heterocycles. The summed E-state index contributed by atoms with van der Waals surface area (Å²) in [7, 11) is 0. The molecule has 0 saturated heterocycles. The molecule has 2 nitrogen and oxygen atoms in total. The molecular weight excluding hydrogens is 347 g/mol. The van der Waals surface area contributed by atoms with Gasteiger partial charge in [-0.15, -0.1) is 0 Å². The molecule has 3 heteroatoms. The van der Waals surface area contributed by atoms with Crippen molar-refractivity contribution in [1.29, 1.82) is 0 Å². The van der Waals surface area contributed by atoms with E-state index in [2.05, 4.69) is 64.1 Å². The van der Waals surface area contributed by atoms with Gasteiger partial charge < -0.3 is 5.32 Å². The Labute approximate surface area is 126 Å². The highest BCUT2D eigenvalue weighted by atomic mass is 127. The predicted molar refractivity (Wildman–Crippen MR) is 88.9 cm³/mol. The second-order valence-electron chi connectivity index (χ2n) is 4.44. The van der Waals surface area contributed by atoms with Crippen molar-refractivity contribution in [3.8, 4) is 0 Å². The van der Waals surface area contributed by atoms with E-state index >= 15 is 0 Å². The number of pyridine rings is 1. The van der Waals surface area contributed by atoms with E-state index in [0.717, 1.165) is 25.8 Å². The Morgan fingerprint density at radius 2 is 1.74 bits per heavy atom. The molecule has 3 rings (SSSR count). The first-order chi connectivity index (χ1) is 9.25. The quantitative estimate of drug-likeness (QED) is 0.658. The summed E-state index contributed by atoms with van der Waals surface area (Å²) in [5.41, 5.74) is 4.51. The van der Waals surface area contributed by atoms with Crippen LogP contribution in [0.15, 0.2) is 54.7 Å². The number of halogens is 1. The first kappa shape index (κ1) is 12.4. The van der Waals surface area contributed by atoms with Crippen molar-refractivity contribution in [2.75, 3.05) is 5.32 Å². The number of nitrogens with zero attached hydrogens (tertiary/aromatic N) is 1. The van der Waals surface area contributed by atoms with Gasteiger partial charge in [-0.25, -0.2) is 0 Å². The average molecular weight is 360 g/mol. The molecule has 0 saturated carbocycles. The lowest BCUT2D eigenvalue weighted by atomic mass is 10.1. The average Bonchev–Trinajstić information content (AvgIpc) is 2.44.